The third-order valence-electron chi connectivity index (χ3n) is 13.7. The average Bonchev–Trinajstić information content (AvgIpc) is 4.06. The van der Waals surface area contributed by atoms with Crippen molar-refractivity contribution in [2.45, 2.75) is 90.1 Å². The van der Waals surface area contributed by atoms with Crippen molar-refractivity contribution >= 4 is 55.5 Å². The average molecular weight is 1020 g/mol. The Labute approximate surface area is 423 Å². The Morgan fingerprint density at radius 2 is 1.15 bits per heavy atom. The van der Waals surface area contributed by atoms with Gasteiger partial charge in [-0.15, -0.1) is 0 Å². The van der Waals surface area contributed by atoms with E-state index in [9.17, 15) is 27.2 Å². The molecule has 2 fully saturated rings. The lowest BCUT2D eigenvalue weighted by molar-refractivity contribution is 0.231. The summed E-state index contributed by atoms with van der Waals surface area (Å²) in [5, 5.41) is 10.6. The Kier molecular flexibility index (Phi) is 12.2. The summed E-state index contributed by atoms with van der Waals surface area (Å²) in [5.41, 5.74) is 14.9. The highest BCUT2D eigenvalue weighted by Crippen LogP contribution is 2.40. The Bertz CT molecular complexity index is 4040. The van der Waals surface area contributed by atoms with Gasteiger partial charge in [0.2, 0.25) is 0 Å². The molecule has 0 spiro atoms. The first-order valence-electron chi connectivity index (χ1n) is 24.3. The van der Waals surface area contributed by atoms with Crippen molar-refractivity contribution in [3.8, 4) is 34.0 Å². The Morgan fingerprint density at radius 1 is 0.600 bits per heavy atom. The van der Waals surface area contributed by atoms with Crippen LogP contribution in [0.5, 0.6) is 11.5 Å². The molecule has 2 aliphatic carbocycles. The smallest absolute Gasteiger partial charge is 0.264 e. The van der Waals surface area contributed by atoms with Crippen LogP contribution < -0.4 is 32.1 Å². The highest BCUT2D eigenvalue weighted by molar-refractivity contribution is 5.99. The summed E-state index contributed by atoms with van der Waals surface area (Å²) in [5.74, 6) is -0.678. The van der Waals surface area contributed by atoms with E-state index in [-0.39, 0.29) is 63.2 Å². The molecule has 0 bridgehead atoms. The van der Waals surface area contributed by atoms with E-state index >= 15 is 0 Å². The van der Waals surface area contributed by atoms with E-state index in [1.54, 1.807) is 42.8 Å². The summed E-state index contributed by atoms with van der Waals surface area (Å²) in [7, 11) is 1.39. The Morgan fingerprint density at radius 3 is 1.67 bits per heavy atom. The molecule has 6 heterocycles. The molecule has 2 aliphatic rings. The maximum atomic E-state index is 14.9. The lowest BCUT2D eigenvalue weighted by Crippen LogP contribution is -2.35. The Hall–Kier alpha value is -8.82. The van der Waals surface area contributed by atoms with Gasteiger partial charge in [0.05, 0.1) is 40.4 Å². The van der Waals surface area contributed by atoms with Crippen LogP contribution >= 0.6 is 0 Å². The molecule has 0 saturated heterocycles. The molecule has 18 nitrogen and oxygen atoms in total. The second kappa shape index (κ2) is 18.9. The molecule has 12 rings (SSSR count). The van der Waals surface area contributed by atoms with E-state index in [2.05, 4.69) is 19.9 Å². The zero-order chi connectivity index (χ0) is 52.6. The highest BCUT2D eigenvalue weighted by atomic mass is 19.1. The van der Waals surface area contributed by atoms with E-state index < -0.39 is 40.9 Å². The zero-order valence-electron chi connectivity index (χ0n) is 41.2. The standard InChI is InChI=1S/C28H27F2N7O2.C25H21F2N7O2/c1-14(2)39-21-11-10-16(12-19(21)30)24-23-25(31)32-13-33-27(23)37(35-24)15(3)26-34-20-9-5-8-18(29)22(20)28(38)36(26)17-6-4-7-17;1-12(23-31-18-7-4-14(26)10-16(18)25(35)33(23)15-5-6-15)34-24-20(22(28)29-11-30-24)21(32-34)13-3-8-19(36-2)17(27)9-13/h5,8-15,17H,4,6-7H2,1-3H3,(H2,31,32,33);3-4,7-12,15H,5-6H2,1-2H3,(H2,28,29,30). The van der Waals surface area contributed by atoms with Gasteiger partial charge in [-0.05, 0) is 127 Å². The first kappa shape index (κ1) is 48.4. The van der Waals surface area contributed by atoms with Gasteiger partial charge in [-0.25, -0.2) is 56.8 Å². The number of anilines is 2. The van der Waals surface area contributed by atoms with Crippen LogP contribution in [0.4, 0.5) is 29.2 Å². The molecule has 2 saturated carbocycles. The normalized spacial score (nSPS) is 14.6. The molecular weight excluding hydrogens is 973 g/mol. The second-order valence-electron chi connectivity index (χ2n) is 18.9. The molecule has 2 atom stereocenters. The third-order valence-corrected chi connectivity index (χ3v) is 13.7. The van der Waals surface area contributed by atoms with Crippen molar-refractivity contribution in [2.24, 2.45) is 0 Å². The number of halogens is 4. The van der Waals surface area contributed by atoms with E-state index in [0.717, 1.165) is 32.1 Å². The molecule has 382 valence electrons. The van der Waals surface area contributed by atoms with Gasteiger partial charge in [0.15, 0.2) is 34.4 Å². The van der Waals surface area contributed by atoms with E-state index in [0.29, 0.717) is 61.7 Å². The maximum absolute atomic E-state index is 14.9. The number of ether oxygens (including phenoxy) is 2. The monoisotopic (exact) mass is 1020 g/mol. The minimum Gasteiger partial charge on any atom is -0.494 e. The molecule has 0 amide bonds. The summed E-state index contributed by atoms with van der Waals surface area (Å²) in [6.45, 7) is 7.33. The molecule has 75 heavy (non-hydrogen) atoms. The topological polar surface area (TPSA) is 227 Å². The zero-order valence-corrected chi connectivity index (χ0v) is 41.2. The lowest BCUT2D eigenvalue weighted by atomic mass is 9.92. The maximum Gasteiger partial charge on any atom is 0.264 e. The van der Waals surface area contributed by atoms with Crippen LogP contribution in [-0.4, -0.2) is 71.8 Å². The number of nitrogen functional groups attached to an aromatic ring is 2. The first-order chi connectivity index (χ1) is 36.1. The summed E-state index contributed by atoms with van der Waals surface area (Å²) in [6, 6.07) is 16.2. The molecule has 6 aromatic heterocycles. The van der Waals surface area contributed by atoms with Gasteiger partial charge in [0.25, 0.3) is 11.1 Å². The molecule has 22 heteroatoms. The van der Waals surface area contributed by atoms with Gasteiger partial charge in [-0.1, -0.05) is 6.07 Å². The lowest BCUT2D eigenvalue weighted by Gasteiger charge is -2.31. The number of methoxy groups -OCH3 is 1. The molecule has 0 aliphatic heterocycles. The third kappa shape index (κ3) is 8.48. The minimum atomic E-state index is -0.600. The van der Waals surface area contributed by atoms with Crippen molar-refractivity contribution < 1.29 is 27.0 Å². The fraction of sp³-hybridized carbons (Fsp3) is 0.283. The van der Waals surface area contributed by atoms with Crippen LogP contribution in [0.2, 0.25) is 0 Å². The molecule has 10 aromatic rings. The van der Waals surface area contributed by atoms with Gasteiger partial charge in [0.1, 0.15) is 76.4 Å². The van der Waals surface area contributed by atoms with Crippen LogP contribution in [-0.2, 0) is 0 Å². The first-order valence-corrected chi connectivity index (χ1v) is 24.3. The minimum absolute atomic E-state index is 0.0215. The number of benzene rings is 4. The fourth-order valence-electron chi connectivity index (χ4n) is 9.65. The van der Waals surface area contributed by atoms with Crippen molar-refractivity contribution in [1.29, 1.82) is 0 Å². The molecular formula is C53H48F4N14O4. The quantitative estimate of drug-likeness (QED) is 0.115. The number of hydrogen-bond donors (Lipinski definition) is 2. The molecule has 0 radical (unpaired) electrons. The van der Waals surface area contributed by atoms with E-state index in [1.165, 1.54) is 68.3 Å². The number of hydrogen-bond acceptors (Lipinski definition) is 14. The number of fused-ring (bicyclic) bond motifs is 4. The predicted molar refractivity (Wildman–Crippen MR) is 273 cm³/mol. The van der Waals surface area contributed by atoms with Gasteiger partial charge < -0.3 is 20.9 Å². The largest absolute Gasteiger partial charge is 0.494 e. The van der Waals surface area contributed by atoms with Crippen molar-refractivity contribution in [3.63, 3.8) is 0 Å². The highest BCUT2D eigenvalue weighted by Gasteiger charge is 2.34. The van der Waals surface area contributed by atoms with Crippen molar-refractivity contribution in [2.75, 3.05) is 18.6 Å². The van der Waals surface area contributed by atoms with Gasteiger partial charge in [-0.2, -0.15) is 10.2 Å². The van der Waals surface area contributed by atoms with Crippen LogP contribution in [0.1, 0.15) is 95.6 Å². The number of aromatic nitrogens is 12. The molecule has 4 N–H and O–H groups in total. The van der Waals surface area contributed by atoms with E-state index in [1.807, 2.05) is 27.7 Å². The summed E-state index contributed by atoms with van der Waals surface area (Å²) >= 11 is 0. The van der Waals surface area contributed by atoms with E-state index in [4.69, 9.17) is 41.1 Å². The van der Waals surface area contributed by atoms with Crippen LogP contribution in [0.3, 0.4) is 0 Å². The molecule has 4 aromatic carbocycles. The second-order valence-corrected chi connectivity index (χ2v) is 18.9. The van der Waals surface area contributed by atoms with Gasteiger partial charge >= 0.3 is 0 Å². The van der Waals surface area contributed by atoms with Crippen LogP contribution in [0, 0.1) is 23.3 Å². The van der Waals surface area contributed by atoms with Crippen molar-refractivity contribution in [3.05, 3.63) is 141 Å². The number of nitrogens with two attached hydrogens (primary N) is 2. The van der Waals surface area contributed by atoms with Crippen LogP contribution in [0.15, 0.2) is 95.0 Å². The van der Waals surface area contributed by atoms with Crippen LogP contribution in [0.25, 0.3) is 66.4 Å². The van der Waals surface area contributed by atoms with Crippen molar-refractivity contribution in [1.82, 2.24) is 58.6 Å². The Balaban J connectivity index is 0.000000161. The van der Waals surface area contributed by atoms with Gasteiger partial charge in [-0.3, -0.25) is 18.7 Å². The number of rotatable bonds is 11. The SMILES string of the molecule is CC(C)Oc1ccc(-c2nn(C(C)c3nc4cccc(F)c4c(=O)n3C3CCC3)c3ncnc(N)c23)cc1F.COc1ccc(-c2nn(C(C)c3nc4ccc(F)cc4c(=O)n3C3CC3)c3ncnc(N)c23)cc1F. The summed E-state index contributed by atoms with van der Waals surface area (Å²) in [6.07, 6.45) is 6.69. The molecule has 2 unspecified atom stereocenters. The number of nitrogens with zero attached hydrogens (tertiary/aromatic N) is 12. The summed E-state index contributed by atoms with van der Waals surface area (Å²) in [4.78, 5) is 53.5. The fourth-order valence-corrected chi connectivity index (χ4v) is 9.65. The van der Waals surface area contributed by atoms with Gasteiger partial charge in [0, 0.05) is 23.2 Å². The predicted octanol–water partition coefficient (Wildman–Crippen LogP) is 9.20. The summed E-state index contributed by atoms with van der Waals surface area (Å²) < 4.78 is 75.1.